The van der Waals surface area contributed by atoms with Crippen molar-refractivity contribution in [2.45, 2.75) is 19.5 Å². The molecule has 2 aromatic rings. The minimum Gasteiger partial charge on any atom is -0.497 e. The zero-order valence-corrected chi connectivity index (χ0v) is 12.4. The van der Waals surface area contributed by atoms with Crippen molar-refractivity contribution >= 4 is 11.7 Å². The van der Waals surface area contributed by atoms with Crippen molar-refractivity contribution in [3.8, 4) is 5.75 Å². The summed E-state index contributed by atoms with van der Waals surface area (Å²) < 4.78 is 11.9. The maximum absolute atomic E-state index is 12.1. The Morgan fingerprint density at radius 3 is 2.62 bits per heavy atom. The van der Waals surface area contributed by atoms with Gasteiger partial charge < -0.3 is 19.4 Å². The number of nitrogens with one attached hydrogen (secondary N) is 1. The minimum absolute atomic E-state index is 0.360. The van der Waals surface area contributed by atoms with Crippen LogP contribution in [0.2, 0.25) is 0 Å². The first-order valence-electron chi connectivity index (χ1n) is 6.68. The Bertz CT molecular complexity index is 592. The molecule has 6 heteroatoms. The maximum atomic E-state index is 12.1. The number of esters is 1. The zero-order chi connectivity index (χ0) is 15.2. The highest BCUT2D eigenvalue weighted by Gasteiger charge is 2.24. The van der Waals surface area contributed by atoms with Gasteiger partial charge in [0, 0.05) is 12.2 Å². The summed E-state index contributed by atoms with van der Waals surface area (Å²) in [6.45, 7) is 2.72. The van der Waals surface area contributed by atoms with Gasteiger partial charge in [0.1, 0.15) is 5.75 Å². The molecule has 0 bridgehead atoms. The lowest BCUT2D eigenvalue weighted by atomic mass is 10.2. The molecule has 1 aromatic heterocycles. The van der Waals surface area contributed by atoms with Gasteiger partial charge in [0.15, 0.2) is 6.04 Å². The van der Waals surface area contributed by atoms with Crippen molar-refractivity contribution in [1.29, 1.82) is 0 Å². The first-order valence-corrected chi connectivity index (χ1v) is 6.68. The number of ether oxygens (including phenoxy) is 2. The van der Waals surface area contributed by atoms with Gasteiger partial charge in [-0.1, -0.05) is 0 Å². The second kappa shape index (κ2) is 6.78. The lowest BCUT2D eigenvalue weighted by Crippen LogP contribution is -2.24. The molecule has 1 N–H and O–H groups in total. The molecule has 1 heterocycles. The number of aromatic nitrogens is 2. The molecule has 21 heavy (non-hydrogen) atoms. The van der Waals surface area contributed by atoms with E-state index < -0.39 is 6.04 Å². The fraction of sp³-hybridized carbons (Fsp3) is 0.333. The van der Waals surface area contributed by atoms with Crippen LogP contribution in [0.1, 0.15) is 18.7 Å². The average Bonchev–Trinajstić information content (AvgIpc) is 3.00. The van der Waals surface area contributed by atoms with E-state index in [9.17, 15) is 4.79 Å². The summed E-state index contributed by atoms with van der Waals surface area (Å²) in [5.74, 6) is 0.398. The fourth-order valence-corrected chi connectivity index (χ4v) is 2.06. The molecule has 6 nitrogen and oxygen atoms in total. The van der Waals surface area contributed by atoms with Crippen LogP contribution in [-0.4, -0.2) is 29.7 Å². The summed E-state index contributed by atoms with van der Waals surface area (Å²) >= 11 is 0. The van der Waals surface area contributed by atoms with Gasteiger partial charge >= 0.3 is 5.97 Å². The molecular weight excluding hydrogens is 270 g/mol. The molecule has 0 fully saturated rings. The largest absolute Gasteiger partial charge is 0.497 e. The van der Waals surface area contributed by atoms with Gasteiger partial charge in [-0.3, -0.25) is 0 Å². The molecule has 0 spiro atoms. The normalized spacial score (nSPS) is 11.8. The molecule has 1 atom stereocenters. The third-order valence-corrected chi connectivity index (χ3v) is 3.22. The lowest BCUT2D eigenvalue weighted by molar-refractivity contribution is -0.141. The number of carbonyl (C=O) groups is 1. The number of carbonyl (C=O) groups excluding carboxylic acids is 1. The SMILES string of the molecule is CCn1cncc1C(Nc1ccc(OC)cc1)C(=O)OC. The Morgan fingerprint density at radius 2 is 2.05 bits per heavy atom. The van der Waals surface area contributed by atoms with Crippen molar-refractivity contribution in [3.05, 3.63) is 42.5 Å². The Hall–Kier alpha value is -2.50. The van der Waals surface area contributed by atoms with E-state index in [0.717, 1.165) is 23.7 Å². The Morgan fingerprint density at radius 1 is 1.33 bits per heavy atom. The molecule has 0 aliphatic heterocycles. The summed E-state index contributed by atoms with van der Waals surface area (Å²) in [4.78, 5) is 16.2. The summed E-state index contributed by atoms with van der Waals surface area (Å²) in [6.07, 6.45) is 3.36. The first-order chi connectivity index (χ1) is 10.2. The smallest absolute Gasteiger partial charge is 0.334 e. The first kappa shape index (κ1) is 14.9. The second-order valence-electron chi connectivity index (χ2n) is 4.43. The van der Waals surface area contributed by atoms with Crippen LogP contribution in [0.15, 0.2) is 36.8 Å². The van der Waals surface area contributed by atoms with Crippen molar-refractivity contribution in [3.63, 3.8) is 0 Å². The van der Waals surface area contributed by atoms with Gasteiger partial charge in [-0.25, -0.2) is 9.78 Å². The van der Waals surface area contributed by atoms with Gasteiger partial charge in [0.2, 0.25) is 0 Å². The van der Waals surface area contributed by atoms with E-state index in [2.05, 4.69) is 10.3 Å². The molecule has 0 saturated carbocycles. The predicted molar refractivity (Wildman–Crippen MR) is 79.3 cm³/mol. The van der Waals surface area contributed by atoms with E-state index in [1.54, 1.807) is 19.6 Å². The van der Waals surface area contributed by atoms with E-state index in [4.69, 9.17) is 9.47 Å². The molecule has 0 aliphatic carbocycles. The summed E-state index contributed by atoms with van der Waals surface area (Å²) in [5, 5.41) is 3.17. The lowest BCUT2D eigenvalue weighted by Gasteiger charge is -2.19. The van der Waals surface area contributed by atoms with E-state index in [1.807, 2.05) is 35.8 Å². The van der Waals surface area contributed by atoms with Crippen LogP contribution in [0, 0.1) is 0 Å². The fourth-order valence-electron chi connectivity index (χ4n) is 2.06. The standard InChI is InChI=1S/C15H19N3O3/c1-4-18-10-16-9-13(18)14(15(19)21-3)17-11-5-7-12(20-2)8-6-11/h5-10,14,17H,4H2,1-3H3. The van der Waals surface area contributed by atoms with Crippen LogP contribution in [0.4, 0.5) is 5.69 Å². The van der Waals surface area contributed by atoms with Crippen molar-refractivity contribution in [2.75, 3.05) is 19.5 Å². The number of hydrogen-bond acceptors (Lipinski definition) is 5. The Labute approximate surface area is 123 Å². The quantitative estimate of drug-likeness (QED) is 0.826. The van der Waals surface area contributed by atoms with Crippen LogP contribution in [-0.2, 0) is 16.1 Å². The van der Waals surface area contributed by atoms with Crippen LogP contribution >= 0.6 is 0 Å². The molecule has 0 radical (unpaired) electrons. The average molecular weight is 289 g/mol. The van der Waals surface area contributed by atoms with Gasteiger partial charge in [0.05, 0.1) is 32.4 Å². The van der Waals surface area contributed by atoms with Gasteiger partial charge in [-0.15, -0.1) is 0 Å². The topological polar surface area (TPSA) is 65.4 Å². The highest BCUT2D eigenvalue weighted by molar-refractivity contribution is 5.80. The third-order valence-electron chi connectivity index (χ3n) is 3.22. The van der Waals surface area contributed by atoms with E-state index in [1.165, 1.54) is 7.11 Å². The predicted octanol–water partition coefficient (Wildman–Crippen LogP) is 2.24. The maximum Gasteiger partial charge on any atom is 0.334 e. The van der Waals surface area contributed by atoms with Crippen molar-refractivity contribution in [1.82, 2.24) is 9.55 Å². The number of imidazole rings is 1. The van der Waals surface area contributed by atoms with Crippen molar-refractivity contribution < 1.29 is 14.3 Å². The van der Waals surface area contributed by atoms with Crippen molar-refractivity contribution in [2.24, 2.45) is 0 Å². The van der Waals surface area contributed by atoms with Gasteiger partial charge in [-0.2, -0.15) is 0 Å². The monoisotopic (exact) mass is 289 g/mol. The number of rotatable bonds is 6. The zero-order valence-electron chi connectivity index (χ0n) is 12.4. The number of aryl methyl sites for hydroxylation is 1. The summed E-state index contributed by atoms with van der Waals surface area (Å²) in [6, 6.07) is 6.75. The van der Waals surface area contributed by atoms with E-state index >= 15 is 0 Å². The molecular formula is C15H19N3O3. The van der Waals surface area contributed by atoms with Gasteiger partial charge in [-0.05, 0) is 31.2 Å². The minimum atomic E-state index is -0.606. The van der Waals surface area contributed by atoms with Crippen LogP contribution in [0.25, 0.3) is 0 Å². The summed E-state index contributed by atoms with van der Waals surface area (Å²) in [5.41, 5.74) is 1.57. The Kier molecular flexibility index (Phi) is 4.81. The van der Waals surface area contributed by atoms with E-state index in [0.29, 0.717) is 0 Å². The number of benzene rings is 1. The number of anilines is 1. The highest BCUT2D eigenvalue weighted by Crippen LogP contribution is 2.22. The number of hydrogen-bond donors (Lipinski definition) is 1. The third kappa shape index (κ3) is 3.34. The van der Waals surface area contributed by atoms with Crippen LogP contribution < -0.4 is 10.1 Å². The molecule has 0 aliphatic rings. The van der Waals surface area contributed by atoms with Gasteiger partial charge in [0.25, 0.3) is 0 Å². The molecule has 1 unspecified atom stereocenters. The van der Waals surface area contributed by atoms with Crippen LogP contribution in [0.3, 0.4) is 0 Å². The molecule has 2 rings (SSSR count). The highest BCUT2D eigenvalue weighted by atomic mass is 16.5. The Balaban J connectivity index is 2.26. The molecule has 1 aromatic carbocycles. The number of nitrogens with zero attached hydrogens (tertiary/aromatic N) is 2. The van der Waals surface area contributed by atoms with Crippen LogP contribution in [0.5, 0.6) is 5.75 Å². The second-order valence-corrected chi connectivity index (χ2v) is 4.43. The number of methoxy groups -OCH3 is 2. The molecule has 0 amide bonds. The molecule has 112 valence electrons. The molecule has 0 saturated heterocycles. The van der Waals surface area contributed by atoms with E-state index in [-0.39, 0.29) is 5.97 Å². The summed E-state index contributed by atoms with van der Waals surface area (Å²) in [7, 11) is 2.98.